The smallest absolute Gasteiger partial charge is 0.158 e. The largest absolute Gasteiger partial charge is 0.507 e. The van der Waals surface area contributed by atoms with Crippen molar-refractivity contribution < 1.29 is 26.2 Å². The Morgan fingerprint density at radius 1 is 0.667 bits per heavy atom. The molecule has 2 aromatic heterocycles. The Bertz CT molecular complexity index is 1840. The first-order valence-corrected chi connectivity index (χ1v) is 14.1. The van der Waals surface area contributed by atoms with Gasteiger partial charge in [-0.15, -0.1) is 23.8 Å². The number of aromatic nitrogens is 4. The molecular formula is C35H27N4OPtS-. The van der Waals surface area contributed by atoms with Crippen molar-refractivity contribution in [1.29, 1.82) is 0 Å². The van der Waals surface area contributed by atoms with Crippen LogP contribution in [0.2, 0.25) is 0 Å². The van der Waals surface area contributed by atoms with Gasteiger partial charge in [0.05, 0.1) is 16.4 Å². The van der Waals surface area contributed by atoms with Crippen LogP contribution in [0.15, 0.2) is 113 Å². The van der Waals surface area contributed by atoms with Gasteiger partial charge in [-0.05, 0) is 61.7 Å². The zero-order valence-corrected chi connectivity index (χ0v) is 26.4. The average Bonchev–Trinajstić information content (AvgIpc) is 2.97. The zero-order valence-electron chi connectivity index (χ0n) is 23.3. The van der Waals surface area contributed by atoms with Crippen LogP contribution in [0.3, 0.4) is 0 Å². The summed E-state index contributed by atoms with van der Waals surface area (Å²) < 4.78 is 0. The van der Waals surface area contributed by atoms with E-state index in [1.807, 2.05) is 48.5 Å². The summed E-state index contributed by atoms with van der Waals surface area (Å²) in [5.74, 6) is 1.55. The Balaban J connectivity index is 0.00000353. The second-order valence-electron chi connectivity index (χ2n) is 9.88. The summed E-state index contributed by atoms with van der Waals surface area (Å²) in [6.07, 6.45) is 1.79. The molecule has 7 heteroatoms. The first kappa shape index (κ1) is 29.4. The number of benzene rings is 4. The number of aromatic hydroxyl groups is 1. The van der Waals surface area contributed by atoms with Gasteiger partial charge in [0.2, 0.25) is 0 Å². The standard InChI is InChI=1S/C35H27N4OS.Pt/c1-22-17-23(2)32(24(3)18-22)35-38-33(37-34(39-35)29-13-7-8-14-30(29)40)27-19-26(25-11-5-4-6-12-25)20-28(21-27)41-31-15-9-10-16-36-31;/h4-20,40H,1-3H3;/q-1;. The van der Waals surface area contributed by atoms with Gasteiger partial charge in [-0.1, -0.05) is 88.4 Å². The molecule has 0 aliphatic heterocycles. The summed E-state index contributed by atoms with van der Waals surface area (Å²) >= 11 is 1.54. The van der Waals surface area contributed by atoms with E-state index in [0.717, 1.165) is 43.3 Å². The van der Waals surface area contributed by atoms with Crippen molar-refractivity contribution in [1.82, 2.24) is 19.9 Å². The number of phenols is 1. The zero-order chi connectivity index (χ0) is 28.3. The van der Waals surface area contributed by atoms with Gasteiger partial charge in [0.1, 0.15) is 5.75 Å². The van der Waals surface area contributed by atoms with Gasteiger partial charge in [-0.25, -0.2) is 9.97 Å². The Morgan fingerprint density at radius 2 is 1.33 bits per heavy atom. The first-order chi connectivity index (χ1) is 19.9. The molecule has 6 rings (SSSR count). The van der Waals surface area contributed by atoms with Crippen LogP contribution in [0.25, 0.3) is 45.3 Å². The number of rotatable bonds is 6. The summed E-state index contributed by atoms with van der Waals surface area (Å²) in [6, 6.07) is 35.2. The Kier molecular flexibility index (Phi) is 8.96. The molecule has 0 aliphatic rings. The van der Waals surface area contributed by atoms with Gasteiger partial charge in [-0.3, -0.25) is 9.97 Å². The van der Waals surface area contributed by atoms with E-state index in [4.69, 9.17) is 15.0 Å². The maximum Gasteiger partial charge on any atom is 0.158 e. The van der Waals surface area contributed by atoms with Crippen LogP contribution in [-0.2, 0) is 21.1 Å². The molecule has 0 bridgehead atoms. The van der Waals surface area contributed by atoms with E-state index >= 15 is 0 Å². The van der Waals surface area contributed by atoms with E-state index in [0.29, 0.717) is 23.0 Å². The molecule has 42 heavy (non-hydrogen) atoms. The van der Waals surface area contributed by atoms with Gasteiger partial charge in [-0.2, -0.15) is 0 Å². The van der Waals surface area contributed by atoms with Crippen molar-refractivity contribution in [2.24, 2.45) is 0 Å². The number of aryl methyl sites for hydroxylation is 3. The first-order valence-electron chi connectivity index (χ1n) is 13.3. The van der Waals surface area contributed by atoms with Crippen molar-refractivity contribution in [2.75, 3.05) is 0 Å². The molecule has 210 valence electrons. The third-order valence-corrected chi connectivity index (χ3v) is 7.62. The van der Waals surface area contributed by atoms with Crippen LogP contribution in [0, 0.1) is 26.8 Å². The number of hydrogen-bond donors (Lipinski definition) is 1. The minimum absolute atomic E-state index is 0. The minimum Gasteiger partial charge on any atom is -0.507 e. The Labute approximate surface area is 264 Å². The van der Waals surface area contributed by atoms with Crippen LogP contribution < -0.4 is 0 Å². The molecule has 4 aromatic carbocycles. The van der Waals surface area contributed by atoms with Crippen LogP contribution in [-0.4, -0.2) is 25.0 Å². The van der Waals surface area contributed by atoms with Crippen LogP contribution in [0.4, 0.5) is 0 Å². The minimum atomic E-state index is 0. The van der Waals surface area contributed by atoms with E-state index in [-0.39, 0.29) is 26.8 Å². The van der Waals surface area contributed by atoms with E-state index < -0.39 is 0 Å². The maximum absolute atomic E-state index is 10.7. The van der Waals surface area contributed by atoms with Crippen LogP contribution in [0.5, 0.6) is 5.75 Å². The molecule has 0 saturated carbocycles. The molecule has 0 saturated heterocycles. The fourth-order valence-electron chi connectivity index (χ4n) is 4.96. The molecule has 0 amide bonds. The van der Waals surface area contributed by atoms with Gasteiger partial charge >= 0.3 is 0 Å². The number of hydrogen-bond acceptors (Lipinski definition) is 6. The molecule has 0 aliphatic carbocycles. The number of nitrogens with zero attached hydrogens (tertiary/aromatic N) is 4. The Hall–Kier alpha value is -4.12. The monoisotopic (exact) mass is 746 g/mol. The van der Waals surface area contributed by atoms with Crippen molar-refractivity contribution in [3.8, 4) is 51.0 Å². The molecule has 0 spiro atoms. The SMILES string of the molecule is Cc1cc(C)c(-c2nc(-c3[c-]c(Sc4ccccn4)cc(-c4ccccc4)c3)nc(-c3ccccc3O)n2)c(C)c1.[Pt]. The maximum atomic E-state index is 10.7. The molecule has 0 radical (unpaired) electrons. The number of pyridine rings is 1. The topological polar surface area (TPSA) is 71.8 Å². The molecule has 0 atom stereocenters. The van der Waals surface area contributed by atoms with E-state index in [1.165, 1.54) is 17.3 Å². The molecule has 0 fully saturated rings. The quantitative estimate of drug-likeness (QED) is 0.173. The molecular weight excluding hydrogens is 720 g/mol. The summed E-state index contributed by atoms with van der Waals surface area (Å²) in [7, 11) is 0. The molecule has 6 aromatic rings. The normalized spacial score (nSPS) is 10.7. The Morgan fingerprint density at radius 3 is 2.05 bits per heavy atom. The molecule has 2 heterocycles. The second-order valence-corrected chi connectivity index (χ2v) is 10.9. The van der Waals surface area contributed by atoms with Crippen LogP contribution >= 0.6 is 11.8 Å². The fourth-order valence-corrected chi connectivity index (χ4v) is 5.79. The van der Waals surface area contributed by atoms with E-state index in [1.54, 1.807) is 18.3 Å². The third kappa shape index (κ3) is 6.35. The second kappa shape index (κ2) is 12.8. The van der Waals surface area contributed by atoms with Gasteiger partial charge in [0.15, 0.2) is 11.6 Å². The van der Waals surface area contributed by atoms with Gasteiger partial charge < -0.3 is 5.11 Å². The van der Waals surface area contributed by atoms with E-state index in [2.05, 4.69) is 68.2 Å². The summed E-state index contributed by atoms with van der Waals surface area (Å²) in [6.45, 7) is 6.23. The predicted molar refractivity (Wildman–Crippen MR) is 165 cm³/mol. The number of para-hydroxylation sites is 1. The fraction of sp³-hybridized carbons (Fsp3) is 0.0857. The van der Waals surface area contributed by atoms with Crippen molar-refractivity contribution in [3.63, 3.8) is 0 Å². The summed E-state index contributed by atoms with van der Waals surface area (Å²) in [4.78, 5) is 20.1. The van der Waals surface area contributed by atoms with Gasteiger partial charge in [0.25, 0.3) is 0 Å². The molecule has 0 unspecified atom stereocenters. The molecule has 5 nitrogen and oxygen atoms in total. The van der Waals surface area contributed by atoms with Gasteiger partial charge in [0, 0.05) is 32.8 Å². The number of phenolic OH excluding ortho intramolecular Hbond substituents is 1. The van der Waals surface area contributed by atoms with Crippen molar-refractivity contribution >= 4 is 11.8 Å². The van der Waals surface area contributed by atoms with Crippen molar-refractivity contribution in [3.05, 3.63) is 126 Å². The summed E-state index contributed by atoms with van der Waals surface area (Å²) in [5.41, 5.74) is 7.66. The third-order valence-electron chi connectivity index (χ3n) is 6.73. The predicted octanol–water partition coefficient (Wildman–Crippen LogP) is 8.51. The van der Waals surface area contributed by atoms with E-state index in [9.17, 15) is 5.11 Å². The van der Waals surface area contributed by atoms with Crippen LogP contribution in [0.1, 0.15) is 16.7 Å². The van der Waals surface area contributed by atoms with Crippen molar-refractivity contribution in [2.45, 2.75) is 30.7 Å². The summed E-state index contributed by atoms with van der Waals surface area (Å²) in [5, 5.41) is 11.6. The molecule has 1 N–H and O–H groups in total. The average molecular weight is 747 g/mol.